The van der Waals surface area contributed by atoms with Gasteiger partial charge in [-0.25, -0.2) is 14.5 Å². The van der Waals surface area contributed by atoms with Crippen LogP contribution in [0.15, 0.2) is 64.6 Å². The molecule has 8 nitrogen and oxygen atoms in total. The molecule has 3 aromatic rings. The molecule has 0 atom stereocenters. The lowest BCUT2D eigenvalue weighted by Crippen LogP contribution is -2.54. The number of imide groups is 2. The lowest BCUT2D eigenvalue weighted by atomic mass is 10.1. The summed E-state index contributed by atoms with van der Waals surface area (Å²) >= 11 is 3.32. The monoisotopic (exact) mass is 507 g/mol. The number of nitrogens with zero attached hydrogens (tertiary/aromatic N) is 2. The number of anilines is 1. The average molecular weight is 508 g/mol. The van der Waals surface area contributed by atoms with Crippen molar-refractivity contribution in [2.75, 3.05) is 4.90 Å². The van der Waals surface area contributed by atoms with Crippen molar-refractivity contribution < 1.29 is 24.3 Å². The summed E-state index contributed by atoms with van der Waals surface area (Å²) in [4.78, 5) is 50.3. The first-order valence-corrected chi connectivity index (χ1v) is 10.7. The zero-order valence-electron chi connectivity index (χ0n) is 17.6. The Bertz CT molecular complexity index is 1370. The average Bonchev–Trinajstić information content (AvgIpc) is 3.04. The van der Waals surface area contributed by atoms with Crippen LogP contribution in [0.3, 0.4) is 0 Å². The van der Waals surface area contributed by atoms with Gasteiger partial charge in [-0.15, -0.1) is 0 Å². The lowest BCUT2D eigenvalue weighted by molar-refractivity contribution is -0.122. The van der Waals surface area contributed by atoms with Crippen LogP contribution in [0.2, 0.25) is 0 Å². The van der Waals surface area contributed by atoms with Gasteiger partial charge in [0.05, 0.1) is 11.3 Å². The van der Waals surface area contributed by atoms with E-state index in [1.165, 1.54) is 12.1 Å². The molecular weight excluding hydrogens is 490 g/mol. The largest absolute Gasteiger partial charge is 0.478 e. The first-order chi connectivity index (χ1) is 15.7. The predicted molar refractivity (Wildman–Crippen MR) is 125 cm³/mol. The molecule has 1 saturated heterocycles. The molecule has 0 aliphatic carbocycles. The van der Waals surface area contributed by atoms with Gasteiger partial charge in [-0.2, -0.15) is 0 Å². The molecule has 0 unspecified atom stereocenters. The van der Waals surface area contributed by atoms with Gasteiger partial charge in [0.25, 0.3) is 11.8 Å². The highest BCUT2D eigenvalue weighted by Crippen LogP contribution is 2.27. The lowest BCUT2D eigenvalue weighted by Gasteiger charge is -2.26. The molecule has 0 bridgehead atoms. The van der Waals surface area contributed by atoms with Gasteiger partial charge in [0.2, 0.25) is 0 Å². The van der Waals surface area contributed by atoms with Crippen LogP contribution >= 0.6 is 15.9 Å². The summed E-state index contributed by atoms with van der Waals surface area (Å²) in [5.74, 6) is -2.56. The van der Waals surface area contributed by atoms with Gasteiger partial charge < -0.3 is 9.67 Å². The minimum atomic E-state index is -1.04. The van der Waals surface area contributed by atoms with Crippen molar-refractivity contribution in [3.63, 3.8) is 0 Å². The molecule has 4 amide bonds. The molecule has 2 N–H and O–H groups in total. The molecule has 2 heterocycles. The molecule has 0 spiro atoms. The molecule has 4 rings (SSSR count). The molecular formula is C24H18BrN3O5. The number of nitrogens with one attached hydrogen (secondary N) is 1. The normalized spacial score (nSPS) is 15.2. The maximum absolute atomic E-state index is 13.1. The van der Waals surface area contributed by atoms with Crippen LogP contribution in [0.5, 0.6) is 0 Å². The van der Waals surface area contributed by atoms with Crippen molar-refractivity contribution in [3.8, 4) is 5.69 Å². The van der Waals surface area contributed by atoms with Gasteiger partial charge >= 0.3 is 12.0 Å². The van der Waals surface area contributed by atoms with E-state index in [1.54, 1.807) is 55.5 Å². The summed E-state index contributed by atoms with van der Waals surface area (Å²) in [7, 11) is 0. The van der Waals surface area contributed by atoms with Gasteiger partial charge in [-0.05, 0) is 68.0 Å². The highest BCUT2D eigenvalue weighted by atomic mass is 79.9. The summed E-state index contributed by atoms with van der Waals surface area (Å²) in [5.41, 5.74) is 3.00. The highest BCUT2D eigenvalue weighted by Gasteiger charge is 2.37. The third-order valence-electron chi connectivity index (χ3n) is 5.29. The Kier molecular flexibility index (Phi) is 5.73. The number of carboxylic acids is 1. The van der Waals surface area contributed by atoms with Crippen LogP contribution in [0.1, 0.15) is 27.3 Å². The van der Waals surface area contributed by atoms with E-state index in [4.69, 9.17) is 0 Å². The van der Waals surface area contributed by atoms with E-state index in [0.717, 1.165) is 10.6 Å². The maximum atomic E-state index is 13.1. The minimum absolute atomic E-state index is 0.143. The predicted octanol–water partition coefficient (Wildman–Crippen LogP) is 4.22. The second-order valence-corrected chi connectivity index (χ2v) is 8.37. The van der Waals surface area contributed by atoms with E-state index in [0.29, 0.717) is 27.1 Å². The molecule has 33 heavy (non-hydrogen) atoms. The number of hydrogen-bond donors (Lipinski definition) is 2. The smallest absolute Gasteiger partial charge is 0.335 e. The Morgan fingerprint density at radius 3 is 2.39 bits per heavy atom. The first kappa shape index (κ1) is 22.2. The van der Waals surface area contributed by atoms with E-state index in [1.807, 2.05) is 11.5 Å². The third-order valence-corrected chi connectivity index (χ3v) is 5.78. The van der Waals surface area contributed by atoms with Crippen molar-refractivity contribution in [2.45, 2.75) is 13.8 Å². The number of aromatic nitrogens is 1. The summed E-state index contributed by atoms with van der Waals surface area (Å²) in [6.07, 6.45) is 1.44. The van der Waals surface area contributed by atoms with Crippen LogP contribution in [-0.4, -0.2) is 33.5 Å². The second kappa shape index (κ2) is 8.51. The Labute approximate surface area is 197 Å². The topological polar surface area (TPSA) is 109 Å². The highest BCUT2D eigenvalue weighted by molar-refractivity contribution is 9.10. The van der Waals surface area contributed by atoms with Crippen LogP contribution in [0.4, 0.5) is 10.5 Å². The number of aromatic carboxylic acids is 1. The number of hydrogen-bond acceptors (Lipinski definition) is 4. The van der Waals surface area contributed by atoms with E-state index < -0.39 is 23.8 Å². The molecule has 166 valence electrons. The van der Waals surface area contributed by atoms with E-state index in [2.05, 4.69) is 21.2 Å². The minimum Gasteiger partial charge on any atom is -0.478 e. The van der Waals surface area contributed by atoms with Crippen LogP contribution in [0.25, 0.3) is 11.8 Å². The van der Waals surface area contributed by atoms with E-state index in [9.17, 15) is 24.3 Å². The summed E-state index contributed by atoms with van der Waals surface area (Å²) < 4.78 is 2.51. The number of carboxylic acid groups (broad SMARTS) is 1. The van der Waals surface area contributed by atoms with Gasteiger partial charge in [-0.3, -0.25) is 14.9 Å². The Morgan fingerprint density at radius 1 is 1.00 bits per heavy atom. The number of benzene rings is 2. The van der Waals surface area contributed by atoms with Crippen molar-refractivity contribution in [1.82, 2.24) is 9.88 Å². The third kappa shape index (κ3) is 4.10. The Morgan fingerprint density at radius 2 is 1.70 bits per heavy atom. The number of carbonyl (C=O) groups is 4. The maximum Gasteiger partial charge on any atom is 0.335 e. The zero-order chi connectivity index (χ0) is 23.9. The van der Waals surface area contributed by atoms with Gasteiger partial charge in [-0.1, -0.05) is 28.1 Å². The quantitative estimate of drug-likeness (QED) is 0.405. The molecule has 0 saturated carbocycles. The number of aryl methyl sites for hydroxylation is 1. The van der Waals surface area contributed by atoms with Crippen molar-refractivity contribution in [1.29, 1.82) is 0 Å². The number of rotatable bonds is 4. The van der Waals surface area contributed by atoms with Crippen LogP contribution in [0, 0.1) is 13.8 Å². The molecule has 9 heteroatoms. The van der Waals surface area contributed by atoms with Crippen molar-refractivity contribution >= 4 is 51.5 Å². The van der Waals surface area contributed by atoms with Gasteiger partial charge in [0.1, 0.15) is 5.57 Å². The Balaban J connectivity index is 1.77. The van der Waals surface area contributed by atoms with Crippen molar-refractivity contribution in [2.24, 2.45) is 0 Å². The summed E-state index contributed by atoms with van der Waals surface area (Å²) in [5, 5.41) is 11.5. The van der Waals surface area contributed by atoms with Gasteiger partial charge in [0.15, 0.2) is 0 Å². The van der Waals surface area contributed by atoms with E-state index >= 15 is 0 Å². The number of urea groups is 1. The molecule has 1 aliphatic heterocycles. The second-order valence-electron chi connectivity index (χ2n) is 7.46. The number of amides is 4. The standard InChI is InChI=1S/C24H18BrN3O5/c1-13-9-16(14(2)27(13)18-7-3-5-15(10-18)23(31)32)11-20-21(29)26-24(33)28(22(20)30)19-8-4-6-17(25)12-19/h3-12H,1-2H3,(H,31,32)(H,26,29,33)/b20-11-. The molecule has 0 radical (unpaired) electrons. The summed E-state index contributed by atoms with van der Waals surface area (Å²) in [6, 6.07) is 14.1. The fourth-order valence-electron chi connectivity index (χ4n) is 3.77. The number of barbiturate groups is 1. The Hall–Kier alpha value is -3.98. The van der Waals surface area contributed by atoms with Crippen LogP contribution < -0.4 is 10.2 Å². The summed E-state index contributed by atoms with van der Waals surface area (Å²) in [6.45, 7) is 3.64. The molecule has 2 aromatic carbocycles. The van der Waals surface area contributed by atoms with Crippen LogP contribution in [-0.2, 0) is 9.59 Å². The zero-order valence-corrected chi connectivity index (χ0v) is 19.2. The number of halogens is 1. The van der Waals surface area contributed by atoms with E-state index in [-0.39, 0.29) is 11.1 Å². The molecule has 1 aliphatic rings. The number of carbonyl (C=O) groups excluding carboxylic acids is 3. The first-order valence-electron chi connectivity index (χ1n) is 9.87. The van der Waals surface area contributed by atoms with Crippen molar-refractivity contribution in [3.05, 3.63) is 87.2 Å². The SMILES string of the molecule is Cc1cc(/C=C2/C(=O)NC(=O)N(c3cccc(Br)c3)C2=O)c(C)n1-c1cccc(C(=O)O)c1. The molecule has 1 fully saturated rings. The van der Waals surface area contributed by atoms with Gasteiger partial charge in [0, 0.05) is 21.5 Å². The molecule has 1 aromatic heterocycles. The fourth-order valence-corrected chi connectivity index (χ4v) is 4.16. The fraction of sp³-hybridized carbons (Fsp3) is 0.0833.